The fraction of sp³-hybridized carbons (Fsp3) is 0.350. The Morgan fingerprint density at radius 2 is 2.25 bits per heavy atom. The Kier molecular flexibility index (Phi) is 5.10. The van der Waals surface area contributed by atoms with Crippen molar-refractivity contribution in [2.24, 2.45) is 7.05 Å². The first kappa shape index (κ1) is 18.2. The zero-order valence-electron chi connectivity index (χ0n) is 15.6. The van der Waals surface area contributed by atoms with Gasteiger partial charge < -0.3 is 9.64 Å². The van der Waals surface area contributed by atoms with E-state index in [2.05, 4.69) is 15.3 Å². The third-order valence-corrected chi connectivity index (χ3v) is 4.92. The van der Waals surface area contributed by atoms with Crippen LogP contribution in [0.3, 0.4) is 0 Å². The zero-order chi connectivity index (χ0) is 19.5. The molecular formula is C20H22FN5O2. The molecule has 1 amide bonds. The SMILES string of the molecule is Cn1cc(C(=O)N2CCC[C@H]2c2cc(CCOc3ccccc3F)[nH]n2)cn1. The summed E-state index contributed by atoms with van der Waals surface area (Å²) in [6.07, 6.45) is 5.71. The van der Waals surface area contributed by atoms with Crippen LogP contribution in [0.2, 0.25) is 0 Å². The lowest BCUT2D eigenvalue weighted by Crippen LogP contribution is -2.30. The van der Waals surface area contributed by atoms with E-state index < -0.39 is 0 Å². The fourth-order valence-corrected chi connectivity index (χ4v) is 3.53. The molecule has 0 radical (unpaired) electrons. The lowest BCUT2D eigenvalue weighted by atomic mass is 10.1. The van der Waals surface area contributed by atoms with Crippen LogP contribution in [-0.2, 0) is 13.5 Å². The molecule has 2 aromatic heterocycles. The Morgan fingerprint density at radius 1 is 1.39 bits per heavy atom. The molecule has 0 aliphatic carbocycles. The minimum atomic E-state index is -0.372. The van der Waals surface area contributed by atoms with E-state index in [4.69, 9.17) is 4.74 Å². The molecule has 3 heterocycles. The highest BCUT2D eigenvalue weighted by molar-refractivity contribution is 5.94. The van der Waals surface area contributed by atoms with Gasteiger partial charge in [-0.3, -0.25) is 14.6 Å². The number of carbonyl (C=O) groups is 1. The van der Waals surface area contributed by atoms with Crippen molar-refractivity contribution in [1.82, 2.24) is 24.9 Å². The van der Waals surface area contributed by atoms with Gasteiger partial charge in [0.15, 0.2) is 11.6 Å². The molecule has 7 nitrogen and oxygen atoms in total. The summed E-state index contributed by atoms with van der Waals surface area (Å²) in [5, 5.41) is 11.5. The standard InChI is InChI=1S/C20H22FN5O2/c1-25-13-14(12-22-25)20(27)26-9-4-6-18(26)17-11-15(23-24-17)8-10-28-19-7-3-2-5-16(19)21/h2-3,5,7,11-13,18H,4,6,8-10H2,1H3,(H,23,24)/t18-/m0/s1. The zero-order valence-corrected chi connectivity index (χ0v) is 15.6. The van der Waals surface area contributed by atoms with Gasteiger partial charge in [-0.15, -0.1) is 0 Å². The number of benzene rings is 1. The molecule has 1 aliphatic rings. The number of nitrogens with one attached hydrogen (secondary N) is 1. The van der Waals surface area contributed by atoms with Crippen LogP contribution >= 0.6 is 0 Å². The monoisotopic (exact) mass is 383 g/mol. The first-order valence-corrected chi connectivity index (χ1v) is 9.33. The van der Waals surface area contributed by atoms with Crippen LogP contribution in [0.15, 0.2) is 42.7 Å². The average molecular weight is 383 g/mol. The van der Waals surface area contributed by atoms with Gasteiger partial charge in [-0.1, -0.05) is 12.1 Å². The molecular weight excluding hydrogens is 361 g/mol. The lowest BCUT2D eigenvalue weighted by Gasteiger charge is -2.22. The molecule has 8 heteroatoms. The molecule has 1 N–H and O–H groups in total. The minimum Gasteiger partial charge on any atom is -0.490 e. The maximum atomic E-state index is 13.6. The van der Waals surface area contributed by atoms with Gasteiger partial charge in [-0.2, -0.15) is 10.2 Å². The van der Waals surface area contributed by atoms with Gasteiger partial charge in [0.05, 0.1) is 30.1 Å². The number of ether oxygens (including phenoxy) is 1. The second kappa shape index (κ2) is 7.84. The van der Waals surface area contributed by atoms with Crippen LogP contribution in [0.1, 0.15) is 40.6 Å². The number of aromatic nitrogens is 4. The number of nitrogens with zero attached hydrogens (tertiary/aromatic N) is 4. The van der Waals surface area contributed by atoms with Gasteiger partial charge in [0.25, 0.3) is 5.91 Å². The van der Waals surface area contributed by atoms with E-state index >= 15 is 0 Å². The molecule has 4 rings (SSSR count). The number of aryl methyl sites for hydroxylation is 1. The predicted molar refractivity (Wildman–Crippen MR) is 100 cm³/mol. The largest absolute Gasteiger partial charge is 0.490 e. The average Bonchev–Trinajstić information content (AvgIpc) is 3.42. The van der Waals surface area contributed by atoms with Crippen molar-refractivity contribution in [2.45, 2.75) is 25.3 Å². The first-order valence-electron chi connectivity index (χ1n) is 9.33. The van der Waals surface area contributed by atoms with Crippen LogP contribution in [0.25, 0.3) is 0 Å². The normalized spacial score (nSPS) is 16.5. The Morgan fingerprint density at radius 3 is 3.04 bits per heavy atom. The quantitative estimate of drug-likeness (QED) is 0.710. The Labute approximate surface area is 162 Å². The molecule has 28 heavy (non-hydrogen) atoms. The van der Waals surface area contributed by atoms with E-state index in [0.717, 1.165) is 24.2 Å². The van der Waals surface area contributed by atoms with E-state index in [-0.39, 0.29) is 23.5 Å². The molecule has 1 aromatic carbocycles. The third-order valence-electron chi connectivity index (χ3n) is 4.92. The van der Waals surface area contributed by atoms with Gasteiger partial charge in [0, 0.05) is 31.9 Å². The van der Waals surface area contributed by atoms with E-state index in [1.807, 2.05) is 11.0 Å². The van der Waals surface area contributed by atoms with Gasteiger partial charge in [0.2, 0.25) is 0 Å². The van der Waals surface area contributed by atoms with Crippen LogP contribution in [0.5, 0.6) is 5.75 Å². The lowest BCUT2D eigenvalue weighted by molar-refractivity contribution is 0.0733. The molecule has 146 valence electrons. The summed E-state index contributed by atoms with van der Waals surface area (Å²) in [6, 6.07) is 8.25. The number of hydrogen-bond acceptors (Lipinski definition) is 4. The number of H-pyrrole nitrogens is 1. The second-order valence-electron chi connectivity index (χ2n) is 6.91. The first-order chi connectivity index (χ1) is 13.6. The van der Waals surface area contributed by atoms with Crippen molar-refractivity contribution < 1.29 is 13.9 Å². The van der Waals surface area contributed by atoms with E-state index in [1.54, 1.807) is 42.3 Å². The smallest absolute Gasteiger partial charge is 0.257 e. The maximum absolute atomic E-state index is 13.6. The summed E-state index contributed by atoms with van der Waals surface area (Å²) in [5.41, 5.74) is 2.33. The molecule has 1 aliphatic heterocycles. The number of likely N-dealkylation sites (tertiary alicyclic amines) is 1. The van der Waals surface area contributed by atoms with Crippen molar-refractivity contribution in [3.05, 3.63) is 65.5 Å². The summed E-state index contributed by atoms with van der Waals surface area (Å²) in [4.78, 5) is 14.6. The number of amides is 1. The van der Waals surface area contributed by atoms with Gasteiger partial charge in [-0.05, 0) is 31.0 Å². The highest BCUT2D eigenvalue weighted by Gasteiger charge is 2.32. The number of halogens is 1. The Hall–Kier alpha value is -3.16. The third kappa shape index (κ3) is 3.76. The minimum absolute atomic E-state index is 0.0250. The van der Waals surface area contributed by atoms with Crippen LogP contribution in [0, 0.1) is 5.82 Å². The molecule has 3 aromatic rings. The molecule has 1 fully saturated rings. The van der Waals surface area contributed by atoms with E-state index in [1.165, 1.54) is 6.07 Å². The van der Waals surface area contributed by atoms with Crippen molar-refractivity contribution in [2.75, 3.05) is 13.2 Å². The second-order valence-corrected chi connectivity index (χ2v) is 6.91. The van der Waals surface area contributed by atoms with Gasteiger partial charge in [0.1, 0.15) is 0 Å². The topological polar surface area (TPSA) is 76.0 Å². The van der Waals surface area contributed by atoms with Gasteiger partial charge in [-0.25, -0.2) is 4.39 Å². The van der Waals surface area contributed by atoms with Crippen LogP contribution < -0.4 is 4.74 Å². The van der Waals surface area contributed by atoms with E-state index in [0.29, 0.717) is 25.1 Å². The van der Waals surface area contributed by atoms with Crippen LogP contribution in [-0.4, -0.2) is 43.9 Å². The molecule has 0 unspecified atom stereocenters. The highest BCUT2D eigenvalue weighted by Crippen LogP contribution is 2.32. The summed E-state index contributed by atoms with van der Waals surface area (Å²) < 4.78 is 20.7. The Bertz CT molecular complexity index is 967. The predicted octanol–water partition coefficient (Wildman–Crippen LogP) is 2.88. The Balaban J connectivity index is 1.39. The summed E-state index contributed by atoms with van der Waals surface area (Å²) in [7, 11) is 1.79. The van der Waals surface area contributed by atoms with Crippen LogP contribution in [0.4, 0.5) is 4.39 Å². The molecule has 1 atom stereocenters. The van der Waals surface area contributed by atoms with E-state index in [9.17, 15) is 9.18 Å². The summed E-state index contributed by atoms with van der Waals surface area (Å²) in [6.45, 7) is 1.04. The van der Waals surface area contributed by atoms with Gasteiger partial charge >= 0.3 is 0 Å². The fourth-order valence-electron chi connectivity index (χ4n) is 3.53. The summed E-state index contributed by atoms with van der Waals surface area (Å²) >= 11 is 0. The van der Waals surface area contributed by atoms with Crippen molar-refractivity contribution >= 4 is 5.91 Å². The van der Waals surface area contributed by atoms with Crippen molar-refractivity contribution in [3.63, 3.8) is 0 Å². The molecule has 0 bridgehead atoms. The maximum Gasteiger partial charge on any atom is 0.257 e. The number of hydrogen-bond donors (Lipinski definition) is 1. The van der Waals surface area contributed by atoms with Crippen molar-refractivity contribution in [1.29, 1.82) is 0 Å². The molecule has 1 saturated heterocycles. The number of aromatic amines is 1. The number of para-hydroxylation sites is 1. The highest BCUT2D eigenvalue weighted by atomic mass is 19.1. The summed E-state index contributed by atoms with van der Waals surface area (Å²) in [5.74, 6) is -0.155. The number of carbonyl (C=O) groups excluding carboxylic acids is 1. The molecule has 0 saturated carbocycles. The number of rotatable bonds is 6. The van der Waals surface area contributed by atoms with Crippen molar-refractivity contribution in [3.8, 4) is 5.75 Å². The molecule has 0 spiro atoms.